The van der Waals surface area contributed by atoms with E-state index in [9.17, 15) is 14.0 Å². The van der Waals surface area contributed by atoms with Gasteiger partial charge in [-0.25, -0.2) is 8.91 Å². The van der Waals surface area contributed by atoms with Crippen LogP contribution in [0, 0.1) is 5.82 Å². The summed E-state index contributed by atoms with van der Waals surface area (Å²) >= 11 is 0. The molecule has 2 heterocycles. The molecular weight excluding hydrogens is 323 g/mol. The van der Waals surface area contributed by atoms with E-state index in [2.05, 4.69) is 10.4 Å². The van der Waals surface area contributed by atoms with Crippen molar-refractivity contribution >= 4 is 17.1 Å². The van der Waals surface area contributed by atoms with Crippen molar-refractivity contribution < 1.29 is 9.18 Å². The van der Waals surface area contributed by atoms with Gasteiger partial charge in [0.15, 0.2) is 0 Å². The highest BCUT2D eigenvalue weighted by atomic mass is 19.1. The van der Waals surface area contributed by atoms with Gasteiger partial charge in [0.05, 0.1) is 5.69 Å². The zero-order chi connectivity index (χ0) is 17.4. The Morgan fingerprint density at radius 2 is 1.92 bits per heavy atom. The summed E-state index contributed by atoms with van der Waals surface area (Å²) in [7, 11) is 0. The van der Waals surface area contributed by atoms with Gasteiger partial charge in [-0.05, 0) is 49.9 Å². The molecule has 0 radical (unpaired) electrons. The fourth-order valence-electron chi connectivity index (χ4n) is 3.27. The van der Waals surface area contributed by atoms with Crippen LogP contribution in [0.15, 0.2) is 41.5 Å². The predicted octanol–water partition coefficient (Wildman–Crippen LogP) is 2.15. The van der Waals surface area contributed by atoms with Gasteiger partial charge in [-0.3, -0.25) is 9.59 Å². The Hall–Kier alpha value is -2.96. The van der Waals surface area contributed by atoms with Gasteiger partial charge in [0.25, 0.3) is 5.56 Å². The lowest BCUT2D eigenvalue weighted by Crippen LogP contribution is -2.28. The van der Waals surface area contributed by atoms with Crippen molar-refractivity contribution in [2.45, 2.75) is 32.2 Å². The van der Waals surface area contributed by atoms with Crippen LogP contribution in [0.25, 0.3) is 5.52 Å². The number of amides is 1. The molecule has 4 rings (SSSR count). The van der Waals surface area contributed by atoms with E-state index >= 15 is 0 Å². The molecule has 1 aliphatic carbocycles. The summed E-state index contributed by atoms with van der Waals surface area (Å²) in [5, 5.41) is 7.14. The number of benzene rings is 1. The van der Waals surface area contributed by atoms with Gasteiger partial charge >= 0.3 is 0 Å². The Bertz CT molecular complexity index is 1000. The monoisotopic (exact) mass is 340 g/mol. The van der Waals surface area contributed by atoms with Gasteiger partial charge in [0.1, 0.15) is 17.9 Å². The van der Waals surface area contributed by atoms with Crippen LogP contribution < -0.4 is 10.9 Å². The average molecular weight is 340 g/mol. The Kier molecular flexibility index (Phi) is 3.83. The van der Waals surface area contributed by atoms with Crippen LogP contribution in [-0.2, 0) is 24.2 Å². The molecule has 2 aromatic heterocycles. The van der Waals surface area contributed by atoms with Crippen molar-refractivity contribution in [3.05, 3.63) is 64.1 Å². The molecule has 25 heavy (non-hydrogen) atoms. The Balaban J connectivity index is 1.61. The molecule has 0 bridgehead atoms. The molecule has 128 valence electrons. The number of anilines is 1. The van der Waals surface area contributed by atoms with Crippen LogP contribution in [0.1, 0.15) is 24.1 Å². The minimum atomic E-state index is -0.370. The number of rotatable bonds is 3. The number of aryl methyl sites for hydroxylation is 2. The number of hydrogen-bond donors (Lipinski definition) is 1. The molecular formula is C18H17FN4O2. The molecule has 0 fully saturated rings. The fraction of sp³-hybridized carbons (Fsp3) is 0.278. The SMILES string of the molecule is O=C(Cn1ccn2nc3c(c2c1=O)CCCC3)Nc1ccc(F)cc1. The van der Waals surface area contributed by atoms with Crippen molar-refractivity contribution in [2.24, 2.45) is 0 Å². The number of aromatic nitrogens is 3. The number of nitrogens with zero attached hydrogens (tertiary/aromatic N) is 3. The van der Waals surface area contributed by atoms with E-state index < -0.39 is 0 Å². The first-order valence-corrected chi connectivity index (χ1v) is 8.27. The van der Waals surface area contributed by atoms with E-state index in [4.69, 9.17) is 0 Å². The summed E-state index contributed by atoms with van der Waals surface area (Å²) in [6.07, 6.45) is 7.15. The van der Waals surface area contributed by atoms with Gasteiger partial charge in [0, 0.05) is 23.6 Å². The maximum absolute atomic E-state index is 12.9. The third-order valence-corrected chi connectivity index (χ3v) is 4.48. The van der Waals surface area contributed by atoms with Crippen molar-refractivity contribution in [2.75, 3.05) is 5.32 Å². The third-order valence-electron chi connectivity index (χ3n) is 4.48. The summed E-state index contributed by atoms with van der Waals surface area (Å²) in [5.41, 5.74) is 2.82. The van der Waals surface area contributed by atoms with Gasteiger partial charge in [-0.1, -0.05) is 0 Å². The molecule has 3 aromatic rings. The quantitative estimate of drug-likeness (QED) is 0.794. The topological polar surface area (TPSA) is 68.4 Å². The van der Waals surface area contributed by atoms with E-state index in [1.165, 1.54) is 28.8 Å². The molecule has 6 nitrogen and oxygen atoms in total. The van der Waals surface area contributed by atoms with Gasteiger partial charge in [-0.15, -0.1) is 0 Å². The molecule has 1 aliphatic rings. The van der Waals surface area contributed by atoms with Gasteiger partial charge < -0.3 is 9.88 Å². The summed E-state index contributed by atoms with van der Waals surface area (Å²) in [6.45, 7) is -0.105. The van der Waals surface area contributed by atoms with Crippen LogP contribution in [0.5, 0.6) is 0 Å². The Labute approximate surface area is 142 Å². The smallest absolute Gasteiger partial charge is 0.277 e. The molecule has 0 atom stereocenters. The van der Waals surface area contributed by atoms with E-state index in [-0.39, 0.29) is 23.8 Å². The van der Waals surface area contributed by atoms with E-state index in [1.54, 1.807) is 16.9 Å². The van der Waals surface area contributed by atoms with E-state index in [1.807, 2.05) is 0 Å². The summed E-state index contributed by atoms with van der Waals surface area (Å²) in [4.78, 5) is 25.0. The lowest BCUT2D eigenvalue weighted by atomic mass is 9.97. The lowest BCUT2D eigenvalue weighted by molar-refractivity contribution is -0.116. The number of fused-ring (bicyclic) bond motifs is 3. The van der Waals surface area contributed by atoms with Crippen LogP contribution in [0.4, 0.5) is 10.1 Å². The largest absolute Gasteiger partial charge is 0.325 e. The van der Waals surface area contributed by atoms with Crippen LogP contribution in [0.3, 0.4) is 0 Å². The standard InChI is InChI=1S/C18H17FN4O2/c19-12-5-7-13(8-6-12)20-16(24)11-22-9-10-23-17(18(22)25)14-3-1-2-4-15(14)21-23/h5-10H,1-4,11H2,(H,20,24). The lowest BCUT2D eigenvalue weighted by Gasteiger charge is -2.10. The molecule has 1 N–H and O–H groups in total. The molecule has 0 unspecified atom stereocenters. The van der Waals surface area contributed by atoms with Crippen LogP contribution in [0.2, 0.25) is 0 Å². The summed E-state index contributed by atoms with van der Waals surface area (Å²) in [6, 6.07) is 5.50. The first-order valence-electron chi connectivity index (χ1n) is 8.27. The molecule has 0 saturated heterocycles. The van der Waals surface area contributed by atoms with Crippen LogP contribution in [-0.4, -0.2) is 20.1 Å². The number of carbonyl (C=O) groups is 1. The normalized spacial score (nSPS) is 13.6. The number of carbonyl (C=O) groups excluding carboxylic acids is 1. The Morgan fingerprint density at radius 1 is 1.16 bits per heavy atom. The first-order chi connectivity index (χ1) is 12.1. The second-order valence-electron chi connectivity index (χ2n) is 6.21. The average Bonchev–Trinajstić information content (AvgIpc) is 2.99. The molecule has 7 heteroatoms. The zero-order valence-corrected chi connectivity index (χ0v) is 13.5. The van der Waals surface area contributed by atoms with Gasteiger partial charge in [0.2, 0.25) is 5.91 Å². The molecule has 0 saturated carbocycles. The molecule has 1 amide bonds. The minimum absolute atomic E-state index is 0.105. The highest BCUT2D eigenvalue weighted by Crippen LogP contribution is 2.22. The Morgan fingerprint density at radius 3 is 2.72 bits per heavy atom. The van der Waals surface area contributed by atoms with E-state index in [0.29, 0.717) is 11.2 Å². The van der Waals surface area contributed by atoms with Crippen LogP contribution >= 0.6 is 0 Å². The summed E-state index contributed by atoms with van der Waals surface area (Å²) in [5.74, 6) is -0.711. The fourth-order valence-corrected chi connectivity index (χ4v) is 3.27. The molecule has 0 spiro atoms. The van der Waals surface area contributed by atoms with Crippen molar-refractivity contribution in [1.29, 1.82) is 0 Å². The maximum atomic E-state index is 12.9. The second-order valence-corrected chi connectivity index (χ2v) is 6.21. The number of halogens is 1. The summed E-state index contributed by atoms with van der Waals surface area (Å²) < 4.78 is 15.9. The van der Waals surface area contributed by atoms with E-state index in [0.717, 1.165) is 36.9 Å². The zero-order valence-electron chi connectivity index (χ0n) is 13.5. The van der Waals surface area contributed by atoms with Crippen molar-refractivity contribution in [3.8, 4) is 0 Å². The molecule has 0 aliphatic heterocycles. The third kappa shape index (κ3) is 2.93. The number of nitrogens with one attached hydrogen (secondary N) is 1. The second kappa shape index (κ2) is 6.16. The minimum Gasteiger partial charge on any atom is -0.325 e. The highest BCUT2D eigenvalue weighted by molar-refractivity contribution is 5.90. The van der Waals surface area contributed by atoms with Crippen molar-refractivity contribution in [1.82, 2.24) is 14.2 Å². The van der Waals surface area contributed by atoms with Crippen molar-refractivity contribution in [3.63, 3.8) is 0 Å². The highest BCUT2D eigenvalue weighted by Gasteiger charge is 2.20. The first kappa shape index (κ1) is 15.6. The molecule has 1 aromatic carbocycles. The number of hydrogen-bond acceptors (Lipinski definition) is 3. The predicted molar refractivity (Wildman–Crippen MR) is 91.1 cm³/mol. The van der Waals surface area contributed by atoms with Gasteiger partial charge in [-0.2, -0.15) is 5.10 Å². The maximum Gasteiger partial charge on any atom is 0.277 e.